The van der Waals surface area contributed by atoms with Crippen molar-refractivity contribution in [2.75, 3.05) is 11.9 Å². The van der Waals surface area contributed by atoms with Crippen LogP contribution < -0.4 is 15.5 Å². The molecule has 0 saturated heterocycles. The normalized spacial score (nSPS) is 10.5. The minimum atomic E-state index is -1.01. The van der Waals surface area contributed by atoms with Gasteiger partial charge >= 0.3 is 5.97 Å². The van der Waals surface area contributed by atoms with Gasteiger partial charge in [0, 0.05) is 16.8 Å². The Balaban J connectivity index is 1.44. The highest BCUT2D eigenvalue weighted by molar-refractivity contribution is 6.30. The van der Waals surface area contributed by atoms with Gasteiger partial charge in [-0.1, -0.05) is 41.9 Å². The molecule has 4 aromatic rings. The molecule has 0 aliphatic carbocycles. The molecule has 0 radical (unpaired) electrons. The molecule has 1 aromatic heterocycles. The predicted molar refractivity (Wildman–Crippen MR) is 131 cm³/mol. The van der Waals surface area contributed by atoms with E-state index in [1.807, 2.05) is 18.2 Å². The molecule has 8 nitrogen and oxygen atoms in total. The number of carbonyl (C=O) groups is 2. The van der Waals surface area contributed by atoms with Crippen LogP contribution >= 0.6 is 11.6 Å². The molecule has 0 aliphatic rings. The molecule has 1 heterocycles. The summed E-state index contributed by atoms with van der Waals surface area (Å²) in [7, 11) is 0. The van der Waals surface area contributed by atoms with Gasteiger partial charge in [0.25, 0.3) is 5.91 Å². The number of halogens is 1. The van der Waals surface area contributed by atoms with Crippen LogP contribution in [0.15, 0.2) is 89.7 Å². The fourth-order valence-electron chi connectivity index (χ4n) is 3.19. The summed E-state index contributed by atoms with van der Waals surface area (Å²) in [4.78, 5) is 37.4. The summed E-state index contributed by atoms with van der Waals surface area (Å²) in [6.45, 7) is 1.06. The molecule has 176 valence electrons. The van der Waals surface area contributed by atoms with Crippen LogP contribution in [0.2, 0.25) is 5.02 Å². The maximum absolute atomic E-state index is 12.6. The van der Waals surface area contributed by atoms with E-state index in [1.54, 1.807) is 67.6 Å². The zero-order chi connectivity index (χ0) is 24.8. The van der Waals surface area contributed by atoms with Crippen molar-refractivity contribution in [3.05, 3.63) is 112 Å². The van der Waals surface area contributed by atoms with Crippen LogP contribution in [0.4, 0.5) is 5.69 Å². The molecule has 0 unspecified atom stereocenters. The van der Waals surface area contributed by atoms with Gasteiger partial charge in [-0.2, -0.15) is 5.10 Å². The molecule has 1 amide bonds. The minimum Gasteiger partial charge on any atom is -0.455 e. The monoisotopic (exact) mass is 489 g/mol. The van der Waals surface area contributed by atoms with Gasteiger partial charge in [-0.15, -0.1) is 0 Å². The average Bonchev–Trinajstić information content (AvgIpc) is 2.85. The second kappa shape index (κ2) is 10.7. The highest BCUT2D eigenvalue weighted by atomic mass is 35.5. The Morgan fingerprint density at radius 2 is 1.66 bits per heavy atom. The van der Waals surface area contributed by atoms with E-state index >= 15 is 0 Å². The molecule has 3 aromatic carbocycles. The fourth-order valence-corrected chi connectivity index (χ4v) is 3.32. The van der Waals surface area contributed by atoms with Crippen LogP contribution in [0.5, 0.6) is 11.5 Å². The number of carbonyl (C=O) groups excluding carboxylic acids is 2. The number of hydrogen-bond acceptors (Lipinski definition) is 6. The molecule has 0 aliphatic heterocycles. The number of esters is 1. The van der Waals surface area contributed by atoms with Gasteiger partial charge in [-0.05, 0) is 55.5 Å². The van der Waals surface area contributed by atoms with E-state index in [1.165, 1.54) is 10.7 Å². The Morgan fingerprint density at radius 3 is 2.40 bits per heavy atom. The zero-order valence-corrected chi connectivity index (χ0v) is 19.4. The first-order valence-electron chi connectivity index (χ1n) is 10.6. The van der Waals surface area contributed by atoms with Crippen LogP contribution in [0.1, 0.15) is 16.2 Å². The van der Waals surface area contributed by atoms with Crippen LogP contribution in [-0.4, -0.2) is 28.3 Å². The molecule has 0 saturated carbocycles. The number of ether oxygens (including phenoxy) is 2. The second-order valence-corrected chi connectivity index (χ2v) is 7.86. The Kier molecular flexibility index (Phi) is 7.23. The topological polar surface area (TPSA) is 99.5 Å². The Bertz CT molecular complexity index is 1420. The molecule has 9 heteroatoms. The number of anilines is 1. The lowest BCUT2D eigenvalue weighted by molar-refractivity contribution is -0.119. The van der Waals surface area contributed by atoms with Crippen molar-refractivity contribution in [1.82, 2.24) is 9.78 Å². The summed E-state index contributed by atoms with van der Waals surface area (Å²) in [5.74, 6) is -0.596. The number of amides is 1. The molecule has 0 fully saturated rings. The summed E-state index contributed by atoms with van der Waals surface area (Å²) < 4.78 is 12.3. The maximum atomic E-state index is 12.6. The second-order valence-electron chi connectivity index (χ2n) is 7.42. The van der Waals surface area contributed by atoms with Gasteiger partial charge in [-0.3, -0.25) is 9.59 Å². The van der Waals surface area contributed by atoms with E-state index in [-0.39, 0.29) is 0 Å². The minimum absolute atomic E-state index is 0.399. The molecule has 1 N–H and O–H groups in total. The third kappa shape index (κ3) is 5.93. The van der Waals surface area contributed by atoms with Crippen molar-refractivity contribution in [3.8, 4) is 17.2 Å². The third-order valence-electron chi connectivity index (χ3n) is 4.84. The van der Waals surface area contributed by atoms with Crippen LogP contribution in [0, 0.1) is 6.92 Å². The van der Waals surface area contributed by atoms with E-state index in [0.29, 0.717) is 33.6 Å². The number of para-hydroxylation sites is 3. The first-order chi connectivity index (χ1) is 16.9. The Morgan fingerprint density at radius 1 is 0.971 bits per heavy atom. The Hall–Kier alpha value is -4.43. The van der Waals surface area contributed by atoms with E-state index in [0.717, 1.165) is 0 Å². The average molecular weight is 490 g/mol. The largest absolute Gasteiger partial charge is 0.455 e. The number of aryl methyl sites for hydroxylation is 1. The van der Waals surface area contributed by atoms with E-state index in [9.17, 15) is 14.4 Å². The first-order valence-corrected chi connectivity index (χ1v) is 10.9. The van der Waals surface area contributed by atoms with E-state index in [2.05, 4.69) is 10.4 Å². The zero-order valence-electron chi connectivity index (χ0n) is 18.6. The molecule has 35 heavy (non-hydrogen) atoms. The third-order valence-corrected chi connectivity index (χ3v) is 5.09. The van der Waals surface area contributed by atoms with Crippen molar-refractivity contribution < 1.29 is 19.1 Å². The van der Waals surface area contributed by atoms with E-state index < -0.39 is 29.6 Å². The standard InChI is InChI=1S/C26H20ClN3O5/c1-17-15-22(31)25(29-30(17)19-13-11-18(27)12-14-19)26(33)34-16-24(32)28-21-9-5-6-10-23(21)35-20-7-3-2-4-8-20/h2-15H,16H2,1H3,(H,28,32). The molecule has 0 atom stereocenters. The van der Waals surface area contributed by atoms with Crippen molar-refractivity contribution in [2.24, 2.45) is 0 Å². The maximum Gasteiger partial charge on any atom is 0.363 e. The van der Waals surface area contributed by atoms with Crippen LogP contribution in [0.25, 0.3) is 5.69 Å². The van der Waals surface area contributed by atoms with Crippen molar-refractivity contribution in [3.63, 3.8) is 0 Å². The summed E-state index contributed by atoms with van der Waals surface area (Å²) >= 11 is 5.93. The smallest absolute Gasteiger partial charge is 0.363 e. The molecule has 0 spiro atoms. The lowest BCUT2D eigenvalue weighted by Gasteiger charge is -2.13. The lowest BCUT2D eigenvalue weighted by Crippen LogP contribution is -2.27. The number of nitrogens with one attached hydrogen (secondary N) is 1. The number of benzene rings is 3. The summed E-state index contributed by atoms with van der Waals surface area (Å²) in [6, 6.07) is 23.9. The van der Waals surface area contributed by atoms with Crippen molar-refractivity contribution in [2.45, 2.75) is 6.92 Å². The lowest BCUT2D eigenvalue weighted by atomic mass is 10.2. The van der Waals surface area contributed by atoms with Crippen molar-refractivity contribution in [1.29, 1.82) is 0 Å². The van der Waals surface area contributed by atoms with Gasteiger partial charge in [0.15, 0.2) is 12.4 Å². The fraction of sp³-hybridized carbons (Fsp3) is 0.0769. The molecule has 0 bridgehead atoms. The molecular formula is C26H20ClN3O5. The number of hydrogen-bond donors (Lipinski definition) is 1. The summed E-state index contributed by atoms with van der Waals surface area (Å²) in [6.07, 6.45) is 0. The van der Waals surface area contributed by atoms with Gasteiger partial charge in [0.1, 0.15) is 5.75 Å². The van der Waals surface area contributed by atoms with Crippen LogP contribution in [-0.2, 0) is 9.53 Å². The Labute approximate surface area is 205 Å². The summed E-state index contributed by atoms with van der Waals surface area (Å²) in [5, 5.41) is 7.31. The highest BCUT2D eigenvalue weighted by Crippen LogP contribution is 2.29. The van der Waals surface area contributed by atoms with Crippen LogP contribution in [0.3, 0.4) is 0 Å². The van der Waals surface area contributed by atoms with Gasteiger partial charge in [0.05, 0.1) is 11.4 Å². The molecular weight excluding hydrogens is 470 g/mol. The highest BCUT2D eigenvalue weighted by Gasteiger charge is 2.19. The SMILES string of the molecule is Cc1cc(=O)c(C(=O)OCC(=O)Nc2ccccc2Oc2ccccc2)nn1-c1ccc(Cl)cc1. The molecule has 4 rings (SSSR count). The van der Waals surface area contributed by atoms with Gasteiger partial charge < -0.3 is 14.8 Å². The quantitative estimate of drug-likeness (QED) is 0.375. The van der Waals surface area contributed by atoms with Gasteiger partial charge in [0.2, 0.25) is 11.1 Å². The van der Waals surface area contributed by atoms with Crippen molar-refractivity contribution >= 4 is 29.2 Å². The number of aromatic nitrogens is 2. The summed E-state index contributed by atoms with van der Waals surface area (Å²) in [5.41, 5.74) is 0.470. The van der Waals surface area contributed by atoms with Gasteiger partial charge in [-0.25, -0.2) is 9.48 Å². The first kappa shape index (κ1) is 23.7. The number of nitrogens with zero attached hydrogens (tertiary/aromatic N) is 2. The number of rotatable bonds is 7. The van der Waals surface area contributed by atoms with E-state index in [4.69, 9.17) is 21.1 Å². The predicted octanol–water partition coefficient (Wildman–Crippen LogP) is 4.78.